The molecule has 0 bridgehead atoms. The lowest BCUT2D eigenvalue weighted by Gasteiger charge is -2.27. The van der Waals surface area contributed by atoms with Crippen LogP contribution in [0.1, 0.15) is 25.8 Å². The van der Waals surface area contributed by atoms with Gasteiger partial charge in [-0.1, -0.05) is 6.07 Å². The Balaban J connectivity index is 1.88. The predicted octanol–water partition coefficient (Wildman–Crippen LogP) is 1.82. The Kier molecular flexibility index (Phi) is 7.08. The molecule has 1 N–H and O–H groups in total. The summed E-state index contributed by atoms with van der Waals surface area (Å²) in [4.78, 5) is 15.0. The van der Waals surface area contributed by atoms with Crippen LogP contribution in [0.15, 0.2) is 18.2 Å². The molecule has 0 aliphatic carbocycles. The molecule has 1 aliphatic heterocycles. The molecule has 0 aromatic heterocycles. The number of hydrogen-bond donors (Lipinski definition) is 1. The van der Waals surface area contributed by atoms with Crippen LogP contribution in [0.25, 0.3) is 0 Å². The standard InChI is InChI=1S/C19H30N2O4/c1-19(2,15-6-7-16(23-3)17(14-15)24-4)18(22)20-8-5-9-21-10-12-25-13-11-21/h6-7,14H,5,8-13H2,1-4H3,(H,20,22). The van der Waals surface area contributed by atoms with Crippen molar-refractivity contribution >= 4 is 5.91 Å². The van der Waals surface area contributed by atoms with E-state index in [-0.39, 0.29) is 5.91 Å². The average molecular weight is 350 g/mol. The summed E-state index contributed by atoms with van der Waals surface area (Å²) in [5.74, 6) is 1.31. The van der Waals surface area contributed by atoms with Crippen molar-refractivity contribution in [3.8, 4) is 11.5 Å². The maximum atomic E-state index is 12.7. The lowest BCUT2D eigenvalue weighted by molar-refractivity contribution is -0.125. The SMILES string of the molecule is COc1ccc(C(C)(C)C(=O)NCCCN2CCOCC2)cc1OC. The van der Waals surface area contributed by atoms with E-state index >= 15 is 0 Å². The van der Waals surface area contributed by atoms with Gasteiger partial charge in [-0.2, -0.15) is 0 Å². The predicted molar refractivity (Wildman–Crippen MR) is 97.5 cm³/mol. The van der Waals surface area contributed by atoms with Crippen molar-refractivity contribution < 1.29 is 19.0 Å². The maximum Gasteiger partial charge on any atom is 0.230 e. The highest BCUT2D eigenvalue weighted by atomic mass is 16.5. The molecule has 6 nitrogen and oxygen atoms in total. The largest absolute Gasteiger partial charge is 0.493 e. The second kappa shape index (κ2) is 9.06. The van der Waals surface area contributed by atoms with Gasteiger partial charge >= 0.3 is 0 Å². The Morgan fingerprint density at radius 1 is 1.20 bits per heavy atom. The van der Waals surface area contributed by atoms with Gasteiger partial charge in [-0.3, -0.25) is 9.69 Å². The molecule has 1 aliphatic rings. The number of methoxy groups -OCH3 is 2. The number of ether oxygens (including phenoxy) is 3. The Morgan fingerprint density at radius 2 is 1.88 bits per heavy atom. The van der Waals surface area contributed by atoms with E-state index in [1.807, 2.05) is 32.0 Å². The zero-order chi connectivity index (χ0) is 18.3. The molecule has 1 aromatic rings. The molecule has 25 heavy (non-hydrogen) atoms. The minimum Gasteiger partial charge on any atom is -0.493 e. The van der Waals surface area contributed by atoms with E-state index < -0.39 is 5.41 Å². The number of morpholine rings is 1. The van der Waals surface area contributed by atoms with Gasteiger partial charge < -0.3 is 19.5 Å². The molecule has 2 rings (SSSR count). The first-order valence-electron chi connectivity index (χ1n) is 8.80. The van der Waals surface area contributed by atoms with Crippen molar-refractivity contribution in [1.29, 1.82) is 0 Å². The van der Waals surface area contributed by atoms with Gasteiger partial charge in [-0.25, -0.2) is 0 Å². The first kappa shape index (κ1) is 19.5. The smallest absolute Gasteiger partial charge is 0.230 e. The number of benzene rings is 1. The number of hydrogen-bond acceptors (Lipinski definition) is 5. The second-order valence-electron chi connectivity index (χ2n) is 6.76. The van der Waals surface area contributed by atoms with Gasteiger partial charge in [0, 0.05) is 19.6 Å². The Labute approximate surface area is 150 Å². The molecule has 1 saturated heterocycles. The zero-order valence-corrected chi connectivity index (χ0v) is 15.8. The van der Waals surface area contributed by atoms with E-state index in [2.05, 4.69) is 10.2 Å². The lowest BCUT2D eigenvalue weighted by Crippen LogP contribution is -2.42. The molecule has 1 aromatic carbocycles. The van der Waals surface area contributed by atoms with Crippen molar-refractivity contribution in [3.63, 3.8) is 0 Å². The van der Waals surface area contributed by atoms with Crippen LogP contribution >= 0.6 is 0 Å². The minimum absolute atomic E-state index is 0.0155. The van der Waals surface area contributed by atoms with Gasteiger partial charge in [0.15, 0.2) is 11.5 Å². The Hall–Kier alpha value is -1.79. The molecule has 0 saturated carbocycles. The van der Waals surface area contributed by atoms with Crippen molar-refractivity contribution in [2.24, 2.45) is 0 Å². The minimum atomic E-state index is -0.640. The summed E-state index contributed by atoms with van der Waals surface area (Å²) in [6.07, 6.45) is 0.938. The molecule has 140 valence electrons. The van der Waals surface area contributed by atoms with Gasteiger partial charge in [-0.05, 0) is 44.5 Å². The summed E-state index contributed by atoms with van der Waals surface area (Å²) in [6.45, 7) is 9.07. The van der Waals surface area contributed by atoms with Gasteiger partial charge in [0.05, 0.1) is 32.8 Å². The van der Waals surface area contributed by atoms with Crippen molar-refractivity contribution in [2.45, 2.75) is 25.7 Å². The number of nitrogens with zero attached hydrogens (tertiary/aromatic N) is 1. The van der Waals surface area contributed by atoms with Crippen LogP contribution in [0.4, 0.5) is 0 Å². The topological polar surface area (TPSA) is 60.0 Å². The zero-order valence-electron chi connectivity index (χ0n) is 15.8. The van der Waals surface area contributed by atoms with Crippen LogP contribution in [0, 0.1) is 0 Å². The van der Waals surface area contributed by atoms with Crippen LogP contribution < -0.4 is 14.8 Å². The highest BCUT2D eigenvalue weighted by Gasteiger charge is 2.30. The summed E-state index contributed by atoms with van der Waals surface area (Å²) >= 11 is 0. The highest BCUT2D eigenvalue weighted by molar-refractivity contribution is 5.87. The summed E-state index contributed by atoms with van der Waals surface area (Å²) in [5.41, 5.74) is 0.259. The van der Waals surface area contributed by atoms with Crippen molar-refractivity contribution in [3.05, 3.63) is 23.8 Å². The molecule has 0 atom stereocenters. The summed E-state index contributed by atoms with van der Waals surface area (Å²) in [5, 5.41) is 3.06. The van der Waals surface area contributed by atoms with Gasteiger partial charge in [0.1, 0.15) is 0 Å². The third-order valence-corrected chi connectivity index (χ3v) is 4.71. The molecule has 1 heterocycles. The van der Waals surface area contributed by atoms with Crippen LogP contribution in [0.5, 0.6) is 11.5 Å². The molecule has 0 unspecified atom stereocenters. The second-order valence-corrected chi connectivity index (χ2v) is 6.76. The normalized spacial score (nSPS) is 15.7. The monoisotopic (exact) mass is 350 g/mol. The van der Waals surface area contributed by atoms with Crippen molar-refractivity contribution in [2.75, 3.05) is 53.6 Å². The molecule has 0 spiro atoms. The van der Waals surface area contributed by atoms with Gasteiger partial charge in [0.25, 0.3) is 0 Å². The number of amides is 1. The van der Waals surface area contributed by atoms with E-state index in [4.69, 9.17) is 14.2 Å². The molecule has 0 radical (unpaired) electrons. The Morgan fingerprint density at radius 3 is 2.52 bits per heavy atom. The fourth-order valence-corrected chi connectivity index (χ4v) is 2.91. The quantitative estimate of drug-likeness (QED) is 0.725. The number of nitrogens with one attached hydrogen (secondary N) is 1. The van der Waals surface area contributed by atoms with Crippen LogP contribution in [-0.4, -0.2) is 64.4 Å². The molecular formula is C19H30N2O4. The summed E-state index contributed by atoms with van der Waals surface area (Å²) in [7, 11) is 3.20. The highest BCUT2D eigenvalue weighted by Crippen LogP contribution is 2.33. The van der Waals surface area contributed by atoms with Gasteiger partial charge in [-0.15, -0.1) is 0 Å². The first-order valence-corrected chi connectivity index (χ1v) is 8.80. The molecular weight excluding hydrogens is 320 g/mol. The van der Waals surface area contributed by atoms with E-state index in [9.17, 15) is 4.79 Å². The fraction of sp³-hybridized carbons (Fsp3) is 0.632. The maximum absolute atomic E-state index is 12.7. The van der Waals surface area contributed by atoms with Crippen LogP contribution in [0.2, 0.25) is 0 Å². The van der Waals surface area contributed by atoms with Crippen molar-refractivity contribution in [1.82, 2.24) is 10.2 Å². The molecule has 1 amide bonds. The number of carbonyl (C=O) groups excluding carboxylic acids is 1. The van der Waals surface area contributed by atoms with Crippen LogP contribution in [0.3, 0.4) is 0 Å². The summed E-state index contributed by atoms with van der Waals surface area (Å²) in [6, 6.07) is 5.61. The van der Waals surface area contributed by atoms with E-state index in [1.54, 1.807) is 14.2 Å². The molecule has 1 fully saturated rings. The van der Waals surface area contributed by atoms with E-state index in [0.29, 0.717) is 18.0 Å². The van der Waals surface area contributed by atoms with Gasteiger partial charge in [0.2, 0.25) is 5.91 Å². The van der Waals surface area contributed by atoms with E-state index in [1.165, 1.54) is 0 Å². The fourth-order valence-electron chi connectivity index (χ4n) is 2.91. The van der Waals surface area contributed by atoms with E-state index in [0.717, 1.165) is 44.8 Å². The summed E-state index contributed by atoms with van der Waals surface area (Å²) < 4.78 is 16.0. The lowest BCUT2D eigenvalue weighted by atomic mass is 9.83. The third kappa shape index (κ3) is 5.09. The first-order chi connectivity index (χ1) is 12.0. The Bertz CT molecular complexity index is 569. The van der Waals surface area contributed by atoms with Crippen LogP contribution in [-0.2, 0) is 14.9 Å². The number of carbonyl (C=O) groups is 1. The number of rotatable bonds is 8. The third-order valence-electron chi connectivity index (χ3n) is 4.71. The average Bonchev–Trinajstić information content (AvgIpc) is 2.65. The molecule has 6 heteroatoms.